The van der Waals surface area contributed by atoms with E-state index in [0.29, 0.717) is 5.56 Å². The van der Waals surface area contributed by atoms with Gasteiger partial charge in [-0.25, -0.2) is 0 Å². The Kier molecular flexibility index (Phi) is 2.95. The molecule has 3 nitrogen and oxygen atoms in total. The van der Waals surface area contributed by atoms with Gasteiger partial charge >= 0.3 is 0 Å². The normalized spacial score (nSPS) is 12.5. The quantitative estimate of drug-likeness (QED) is 0.600. The minimum Gasteiger partial charge on any atom is -0.258 e. The first-order valence-electron chi connectivity index (χ1n) is 5.89. The van der Waals surface area contributed by atoms with E-state index in [1.807, 2.05) is 18.2 Å². The van der Waals surface area contributed by atoms with Crippen LogP contribution in [0, 0.1) is 10.1 Å². The molecule has 0 saturated carbocycles. The van der Waals surface area contributed by atoms with E-state index in [1.165, 1.54) is 11.6 Å². The molecular formula is C15H10BrNO2. The Morgan fingerprint density at radius 3 is 2.79 bits per heavy atom. The molecule has 4 heteroatoms. The first-order valence-corrected chi connectivity index (χ1v) is 6.69. The van der Waals surface area contributed by atoms with Crippen LogP contribution < -0.4 is 0 Å². The Balaban J connectivity index is 2.28. The van der Waals surface area contributed by atoms with Crippen LogP contribution in [0.15, 0.2) is 46.9 Å². The fraction of sp³-hybridized carbons (Fsp3) is 0.0667. The summed E-state index contributed by atoms with van der Waals surface area (Å²) in [4.78, 5) is 10.8. The number of nitro groups is 1. The molecule has 0 spiro atoms. The number of halogens is 1. The SMILES string of the molecule is O=[N+]([O-])c1ccc(Br)cc1-c1cccc2c1C=CC2. The zero-order chi connectivity index (χ0) is 13.4. The predicted octanol–water partition coefficient (Wildman–Crippen LogP) is 4.59. The van der Waals surface area contributed by atoms with Gasteiger partial charge in [-0.15, -0.1) is 0 Å². The molecular weight excluding hydrogens is 306 g/mol. The van der Waals surface area contributed by atoms with Crippen molar-refractivity contribution >= 4 is 27.7 Å². The highest BCUT2D eigenvalue weighted by Crippen LogP contribution is 2.37. The Morgan fingerprint density at radius 2 is 2.00 bits per heavy atom. The van der Waals surface area contributed by atoms with Crippen molar-refractivity contribution in [1.82, 2.24) is 0 Å². The lowest BCUT2D eigenvalue weighted by Crippen LogP contribution is -1.94. The summed E-state index contributed by atoms with van der Waals surface area (Å²) >= 11 is 3.38. The second-order valence-electron chi connectivity index (χ2n) is 4.40. The van der Waals surface area contributed by atoms with Crippen molar-refractivity contribution in [2.45, 2.75) is 6.42 Å². The topological polar surface area (TPSA) is 43.1 Å². The third-order valence-corrected chi connectivity index (χ3v) is 3.76. The molecule has 1 aliphatic rings. The van der Waals surface area contributed by atoms with Crippen molar-refractivity contribution in [3.05, 3.63) is 68.2 Å². The number of nitrogens with zero attached hydrogens (tertiary/aromatic N) is 1. The van der Waals surface area contributed by atoms with Crippen LogP contribution in [0.2, 0.25) is 0 Å². The first kappa shape index (κ1) is 12.1. The van der Waals surface area contributed by atoms with Crippen molar-refractivity contribution in [1.29, 1.82) is 0 Å². The second kappa shape index (κ2) is 4.63. The Bertz CT molecular complexity index is 707. The number of fused-ring (bicyclic) bond motifs is 1. The van der Waals surface area contributed by atoms with Gasteiger partial charge in [0.2, 0.25) is 0 Å². The van der Waals surface area contributed by atoms with Gasteiger partial charge in [-0.1, -0.05) is 46.3 Å². The van der Waals surface area contributed by atoms with E-state index < -0.39 is 0 Å². The average molecular weight is 316 g/mol. The van der Waals surface area contributed by atoms with E-state index in [9.17, 15) is 10.1 Å². The highest BCUT2D eigenvalue weighted by Gasteiger charge is 2.19. The van der Waals surface area contributed by atoms with Crippen LogP contribution in [-0.2, 0) is 6.42 Å². The van der Waals surface area contributed by atoms with Crippen LogP contribution >= 0.6 is 15.9 Å². The zero-order valence-electron chi connectivity index (χ0n) is 9.97. The van der Waals surface area contributed by atoms with Gasteiger partial charge in [0.05, 0.1) is 10.5 Å². The summed E-state index contributed by atoms with van der Waals surface area (Å²) in [6.45, 7) is 0. The summed E-state index contributed by atoms with van der Waals surface area (Å²) in [5, 5.41) is 11.2. The van der Waals surface area contributed by atoms with E-state index in [2.05, 4.69) is 28.1 Å². The van der Waals surface area contributed by atoms with Crippen LogP contribution in [0.3, 0.4) is 0 Å². The number of hydrogen-bond donors (Lipinski definition) is 0. The average Bonchev–Trinajstić information content (AvgIpc) is 2.86. The summed E-state index contributed by atoms with van der Waals surface area (Å²) < 4.78 is 0.840. The molecule has 0 aliphatic heterocycles. The molecule has 0 heterocycles. The molecule has 0 bridgehead atoms. The van der Waals surface area contributed by atoms with Gasteiger partial charge in [0, 0.05) is 10.5 Å². The molecule has 0 atom stereocenters. The van der Waals surface area contributed by atoms with Gasteiger partial charge in [-0.3, -0.25) is 10.1 Å². The molecule has 0 saturated heterocycles. The number of benzene rings is 2. The molecule has 2 aromatic carbocycles. The fourth-order valence-corrected chi connectivity index (χ4v) is 2.77. The van der Waals surface area contributed by atoms with Crippen molar-refractivity contribution in [3.63, 3.8) is 0 Å². The van der Waals surface area contributed by atoms with Gasteiger partial charge in [0.15, 0.2) is 0 Å². The zero-order valence-corrected chi connectivity index (χ0v) is 11.6. The van der Waals surface area contributed by atoms with Gasteiger partial charge < -0.3 is 0 Å². The minimum atomic E-state index is -0.333. The summed E-state index contributed by atoms with van der Waals surface area (Å²) in [6, 6.07) is 11.0. The monoisotopic (exact) mass is 315 g/mol. The van der Waals surface area contributed by atoms with Crippen LogP contribution in [0.25, 0.3) is 17.2 Å². The Labute approximate surface area is 118 Å². The standard InChI is InChI=1S/C15H10BrNO2/c16-11-7-8-15(17(18)19)14(9-11)13-6-2-4-10-3-1-5-12(10)13/h1-2,4-9H,3H2. The Hall–Kier alpha value is -1.94. The van der Waals surface area contributed by atoms with Gasteiger partial charge in [0.1, 0.15) is 0 Å². The van der Waals surface area contributed by atoms with Crippen LogP contribution in [-0.4, -0.2) is 4.92 Å². The molecule has 94 valence electrons. The lowest BCUT2D eigenvalue weighted by Gasteiger charge is -2.09. The summed E-state index contributed by atoms with van der Waals surface area (Å²) in [6.07, 6.45) is 5.01. The van der Waals surface area contributed by atoms with Gasteiger partial charge in [-0.05, 0) is 35.2 Å². The van der Waals surface area contributed by atoms with E-state index >= 15 is 0 Å². The van der Waals surface area contributed by atoms with Crippen molar-refractivity contribution in [3.8, 4) is 11.1 Å². The highest BCUT2D eigenvalue weighted by atomic mass is 79.9. The maximum Gasteiger partial charge on any atom is 0.277 e. The minimum absolute atomic E-state index is 0.136. The highest BCUT2D eigenvalue weighted by molar-refractivity contribution is 9.10. The molecule has 0 radical (unpaired) electrons. The summed E-state index contributed by atoms with van der Waals surface area (Å²) in [7, 11) is 0. The summed E-state index contributed by atoms with van der Waals surface area (Å²) in [5.74, 6) is 0. The largest absolute Gasteiger partial charge is 0.277 e. The molecule has 0 amide bonds. The number of nitro benzene ring substituents is 1. The van der Waals surface area contributed by atoms with Crippen LogP contribution in [0.1, 0.15) is 11.1 Å². The third kappa shape index (κ3) is 2.08. The molecule has 0 fully saturated rings. The third-order valence-electron chi connectivity index (χ3n) is 3.26. The lowest BCUT2D eigenvalue weighted by molar-refractivity contribution is -0.384. The molecule has 3 rings (SSSR count). The first-order chi connectivity index (χ1) is 9.16. The number of rotatable bonds is 2. The molecule has 0 aromatic heterocycles. The maximum absolute atomic E-state index is 11.2. The van der Waals surface area contributed by atoms with Crippen molar-refractivity contribution < 1.29 is 4.92 Å². The van der Waals surface area contributed by atoms with Crippen LogP contribution in [0.5, 0.6) is 0 Å². The van der Waals surface area contributed by atoms with Crippen molar-refractivity contribution in [2.75, 3.05) is 0 Å². The predicted molar refractivity (Wildman–Crippen MR) is 79.0 cm³/mol. The maximum atomic E-state index is 11.2. The Morgan fingerprint density at radius 1 is 1.16 bits per heavy atom. The lowest BCUT2D eigenvalue weighted by atomic mass is 9.96. The second-order valence-corrected chi connectivity index (χ2v) is 5.32. The van der Waals surface area contributed by atoms with Crippen LogP contribution in [0.4, 0.5) is 5.69 Å². The van der Waals surface area contributed by atoms with Gasteiger partial charge in [-0.2, -0.15) is 0 Å². The van der Waals surface area contributed by atoms with Gasteiger partial charge in [0.25, 0.3) is 5.69 Å². The molecule has 19 heavy (non-hydrogen) atoms. The molecule has 0 unspecified atom stereocenters. The van der Waals surface area contributed by atoms with Crippen molar-refractivity contribution in [2.24, 2.45) is 0 Å². The number of allylic oxidation sites excluding steroid dienone is 1. The van der Waals surface area contributed by atoms with E-state index in [1.54, 1.807) is 12.1 Å². The van der Waals surface area contributed by atoms with E-state index in [0.717, 1.165) is 22.0 Å². The fourth-order valence-electron chi connectivity index (χ4n) is 2.41. The molecule has 1 aliphatic carbocycles. The van der Waals surface area contributed by atoms with E-state index in [-0.39, 0.29) is 10.6 Å². The number of hydrogen-bond acceptors (Lipinski definition) is 2. The summed E-state index contributed by atoms with van der Waals surface area (Å²) in [5.41, 5.74) is 4.01. The van der Waals surface area contributed by atoms with E-state index in [4.69, 9.17) is 0 Å². The molecule has 2 aromatic rings. The smallest absolute Gasteiger partial charge is 0.258 e. The molecule has 0 N–H and O–H groups in total.